The van der Waals surface area contributed by atoms with Crippen LogP contribution in [-0.2, 0) is 12.8 Å². The summed E-state index contributed by atoms with van der Waals surface area (Å²) < 4.78 is 0. The van der Waals surface area contributed by atoms with Gasteiger partial charge in [0.15, 0.2) is 5.16 Å². The SMILES string of the molecule is C#CCSc1nc2sc3c(c2c(=O)[nH]1)CCC(C)C3. The number of thioether (sulfide) groups is 1. The van der Waals surface area contributed by atoms with E-state index in [9.17, 15) is 4.79 Å². The zero-order valence-corrected chi connectivity index (χ0v) is 12.3. The lowest BCUT2D eigenvalue weighted by Crippen LogP contribution is -2.13. The number of thiophene rings is 1. The lowest BCUT2D eigenvalue weighted by molar-refractivity contribution is 0.509. The van der Waals surface area contributed by atoms with E-state index in [1.165, 1.54) is 22.2 Å². The Morgan fingerprint density at radius 3 is 3.26 bits per heavy atom. The van der Waals surface area contributed by atoms with Gasteiger partial charge in [0, 0.05) is 4.88 Å². The molecule has 0 saturated heterocycles. The number of terminal acetylenes is 1. The first-order valence-electron chi connectivity index (χ1n) is 6.30. The average molecular weight is 290 g/mol. The van der Waals surface area contributed by atoms with Crippen LogP contribution in [0.15, 0.2) is 9.95 Å². The first-order valence-corrected chi connectivity index (χ1v) is 8.10. The van der Waals surface area contributed by atoms with Crippen LogP contribution in [0.4, 0.5) is 0 Å². The second-order valence-corrected chi connectivity index (χ2v) is 6.94. The van der Waals surface area contributed by atoms with Crippen molar-refractivity contribution in [1.29, 1.82) is 0 Å². The van der Waals surface area contributed by atoms with Crippen molar-refractivity contribution in [3.05, 3.63) is 20.8 Å². The van der Waals surface area contributed by atoms with Crippen molar-refractivity contribution in [2.24, 2.45) is 5.92 Å². The Balaban J connectivity index is 2.12. The Bertz CT molecular complexity index is 723. The number of hydrogen-bond acceptors (Lipinski definition) is 4. The Morgan fingerprint density at radius 1 is 1.63 bits per heavy atom. The molecule has 19 heavy (non-hydrogen) atoms. The summed E-state index contributed by atoms with van der Waals surface area (Å²) in [5, 5.41) is 1.43. The van der Waals surface area contributed by atoms with Crippen LogP contribution in [0, 0.1) is 18.3 Å². The normalized spacial score (nSPS) is 18.2. The van der Waals surface area contributed by atoms with Crippen LogP contribution in [-0.4, -0.2) is 15.7 Å². The minimum absolute atomic E-state index is 0.0171. The van der Waals surface area contributed by atoms with Crippen molar-refractivity contribution >= 4 is 33.3 Å². The molecule has 0 aliphatic heterocycles. The molecule has 0 bridgehead atoms. The van der Waals surface area contributed by atoms with Gasteiger partial charge in [0.2, 0.25) is 0 Å². The van der Waals surface area contributed by atoms with E-state index in [1.807, 2.05) is 0 Å². The van der Waals surface area contributed by atoms with Gasteiger partial charge in [0.05, 0.1) is 11.1 Å². The molecule has 1 aliphatic rings. The van der Waals surface area contributed by atoms with E-state index in [1.54, 1.807) is 11.3 Å². The molecule has 3 nitrogen and oxygen atoms in total. The summed E-state index contributed by atoms with van der Waals surface area (Å²) in [5.41, 5.74) is 1.21. The van der Waals surface area contributed by atoms with Gasteiger partial charge in [-0.3, -0.25) is 4.79 Å². The summed E-state index contributed by atoms with van der Waals surface area (Å²) >= 11 is 3.07. The van der Waals surface area contributed by atoms with Crippen LogP contribution < -0.4 is 5.56 Å². The quantitative estimate of drug-likeness (QED) is 0.525. The van der Waals surface area contributed by atoms with Crippen LogP contribution in [0.25, 0.3) is 10.2 Å². The monoisotopic (exact) mass is 290 g/mol. The highest BCUT2D eigenvalue weighted by atomic mass is 32.2. The first-order chi connectivity index (χ1) is 9.19. The number of aryl methyl sites for hydroxylation is 1. The molecule has 5 heteroatoms. The molecular weight excluding hydrogens is 276 g/mol. The Morgan fingerprint density at radius 2 is 2.47 bits per heavy atom. The van der Waals surface area contributed by atoms with Crippen molar-refractivity contribution in [1.82, 2.24) is 9.97 Å². The maximum atomic E-state index is 12.2. The van der Waals surface area contributed by atoms with Crippen molar-refractivity contribution in [2.45, 2.75) is 31.3 Å². The Hall–Kier alpha value is -1.25. The van der Waals surface area contributed by atoms with Gasteiger partial charge in [-0.05, 0) is 30.7 Å². The number of fused-ring (bicyclic) bond motifs is 3. The molecular formula is C14H14N2OS2. The lowest BCUT2D eigenvalue weighted by atomic mass is 9.89. The predicted octanol–water partition coefficient (Wildman–Crippen LogP) is 2.83. The van der Waals surface area contributed by atoms with Crippen LogP contribution in [0.1, 0.15) is 23.8 Å². The molecule has 2 heterocycles. The van der Waals surface area contributed by atoms with Gasteiger partial charge in [-0.2, -0.15) is 0 Å². The van der Waals surface area contributed by atoms with E-state index < -0.39 is 0 Å². The Labute approximate surface area is 119 Å². The summed E-state index contributed by atoms with van der Waals surface area (Å²) in [4.78, 5) is 21.8. The van der Waals surface area contributed by atoms with Crippen LogP contribution in [0.3, 0.4) is 0 Å². The summed E-state index contributed by atoms with van der Waals surface area (Å²) in [6, 6.07) is 0. The highest BCUT2D eigenvalue weighted by Crippen LogP contribution is 2.35. The topological polar surface area (TPSA) is 45.8 Å². The molecule has 0 spiro atoms. The van der Waals surface area contributed by atoms with Crippen LogP contribution in [0.5, 0.6) is 0 Å². The molecule has 1 unspecified atom stereocenters. The number of nitrogens with one attached hydrogen (secondary N) is 1. The van der Waals surface area contributed by atoms with Crippen molar-refractivity contribution in [2.75, 3.05) is 5.75 Å². The van der Waals surface area contributed by atoms with Crippen molar-refractivity contribution in [3.8, 4) is 12.3 Å². The highest BCUT2D eigenvalue weighted by Gasteiger charge is 2.22. The number of hydrogen-bond donors (Lipinski definition) is 1. The van der Waals surface area contributed by atoms with Gasteiger partial charge in [0.1, 0.15) is 4.83 Å². The minimum atomic E-state index is -0.0171. The highest BCUT2D eigenvalue weighted by molar-refractivity contribution is 7.99. The molecule has 1 aliphatic carbocycles. The molecule has 0 amide bonds. The molecule has 2 aromatic heterocycles. The molecule has 3 rings (SSSR count). The first kappa shape index (κ1) is 12.8. The number of H-pyrrole nitrogens is 1. The molecule has 98 valence electrons. The fourth-order valence-electron chi connectivity index (χ4n) is 2.51. The van der Waals surface area contributed by atoms with Crippen LogP contribution in [0.2, 0.25) is 0 Å². The summed E-state index contributed by atoms with van der Waals surface area (Å²) in [5.74, 6) is 3.77. The van der Waals surface area contributed by atoms with Gasteiger partial charge >= 0.3 is 0 Å². The second-order valence-electron chi connectivity index (χ2n) is 4.90. The zero-order chi connectivity index (χ0) is 13.4. The number of aromatic nitrogens is 2. The van der Waals surface area contributed by atoms with Crippen molar-refractivity contribution < 1.29 is 0 Å². The lowest BCUT2D eigenvalue weighted by Gasteiger charge is -2.17. The minimum Gasteiger partial charge on any atom is -0.301 e. The second kappa shape index (κ2) is 5.03. The summed E-state index contributed by atoms with van der Waals surface area (Å²) in [6.07, 6.45) is 8.46. The van der Waals surface area contributed by atoms with E-state index >= 15 is 0 Å². The average Bonchev–Trinajstić information content (AvgIpc) is 2.73. The zero-order valence-electron chi connectivity index (χ0n) is 10.7. The third-order valence-electron chi connectivity index (χ3n) is 3.44. The van der Waals surface area contributed by atoms with Gasteiger partial charge in [-0.25, -0.2) is 4.98 Å². The fourth-order valence-corrected chi connectivity index (χ4v) is 4.49. The van der Waals surface area contributed by atoms with Gasteiger partial charge < -0.3 is 4.98 Å². The molecule has 0 fully saturated rings. The largest absolute Gasteiger partial charge is 0.301 e. The third kappa shape index (κ3) is 2.31. The molecule has 1 N–H and O–H groups in total. The fraction of sp³-hybridized carbons (Fsp3) is 0.429. The van der Waals surface area contributed by atoms with E-state index in [-0.39, 0.29) is 5.56 Å². The number of aromatic amines is 1. The van der Waals surface area contributed by atoms with E-state index in [2.05, 4.69) is 22.8 Å². The predicted molar refractivity (Wildman–Crippen MR) is 81.0 cm³/mol. The van der Waals surface area contributed by atoms with E-state index in [0.29, 0.717) is 16.8 Å². The number of rotatable bonds is 2. The standard InChI is InChI=1S/C14H14N2OS2/c1-3-6-18-14-15-12(17)11-9-5-4-8(2)7-10(9)19-13(11)16-14/h1,8H,4-7H2,2H3,(H,15,16,17). The van der Waals surface area contributed by atoms with Gasteiger partial charge in [-0.15, -0.1) is 17.8 Å². The molecule has 0 radical (unpaired) electrons. The molecule has 1 atom stereocenters. The summed E-state index contributed by atoms with van der Waals surface area (Å²) in [6.45, 7) is 2.26. The Kier molecular flexibility index (Phi) is 3.38. The smallest absolute Gasteiger partial charge is 0.260 e. The maximum absolute atomic E-state index is 12.2. The summed E-state index contributed by atoms with van der Waals surface area (Å²) in [7, 11) is 0. The molecule has 0 aromatic carbocycles. The van der Waals surface area contributed by atoms with E-state index in [0.717, 1.165) is 29.5 Å². The van der Waals surface area contributed by atoms with Crippen molar-refractivity contribution in [3.63, 3.8) is 0 Å². The van der Waals surface area contributed by atoms with Gasteiger partial charge in [-0.1, -0.05) is 24.6 Å². The van der Waals surface area contributed by atoms with Gasteiger partial charge in [0.25, 0.3) is 5.56 Å². The van der Waals surface area contributed by atoms with E-state index in [4.69, 9.17) is 6.42 Å². The van der Waals surface area contributed by atoms with Crippen LogP contribution >= 0.6 is 23.1 Å². The molecule has 0 saturated carbocycles. The molecule has 2 aromatic rings. The third-order valence-corrected chi connectivity index (χ3v) is 5.36. The maximum Gasteiger partial charge on any atom is 0.260 e. The number of nitrogens with zero attached hydrogens (tertiary/aromatic N) is 1.